The van der Waals surface area contributed by atoms with Crippen molar-refractivity contribution < 1.29 is 47.2 Å². The normalized spacial score (nSPS) is 11.4. The number of carbonyl (C=O) groups excluding carboxylic acids is 4. The van der Waals surface area contributed by atoms with E-state index in [9.17, 15) is 19.2 Å². The van der Waals surface area contributed by atoms with Crippen LogP contribution in [0.25, 0.3) is 0 Å². The second-order valence-corrected chi connectivity index (χ2v) is 8.41. The Morgan fingerprint density at radius 3 is 1.48 bits per heavy atom. The minimum absolute atomic E-state index is 0.0810. The standard InChI is InChI=1S/C9H14N2O10P4/c10-24(22)20-7(14)18-3-9(1-16-5-12,2-17-6-13)4-19-8(15)21-25(11)23/h5-6H,1-4,22-23H2. The lowest BCUT2D eigenvalue weighted by Gasteiger charge is -2.29. The predicted octanol–water partition coefficient (Wildman–Crippen LogP) is 1.96. The zero-order valence-electron chi connectivity index (χ0n) is 12.5. The van der Waals surface area contributed by atoms with Gasteiger partial charge in [-0.3, -0.25) is 9.59 Å². The van der Waals surface area contributed by atoms with Gasteiger partial charge in [-0.2, -0.15) is 10.0 Å². The van der Waals surface area contributed by atoms with Crippen molar-refractivity contribution in [1.29, 1.82) is 10.0 Å². The van der Waals surface area contributed by atoms with Crippen LogP contribution in [-0.4, -0.2) is 51.7 Å². The number of ether oxygens (including phenoxy) is 4. The summed E-state index contributed by atoms with van der Waals surface area (Å²) in [5, 5.41) is 17.9. The van der Waals surface area contributed by atoms with Crippen LogP contribution in [0.15, 0.2) is 0 Å². The summed E-state index contributed by atoms with van der Waals surface area (Å²) in [6.07, 6.45) is -2.51. The van der Waals surface area contributed by atoms with E-state index in [0.29, 0.717) is 0 Å². The van der Waals surface area contributed by atoms with Crippen LogP contribution in [0.1, 0.15) is 0 Å². The summed E-state index contributed by atoms with van der Waals surface area (Å²) in [6, 6.07) is 0. The third kappa shape index (κ3) is 11.5. The van der Waals surface area contributed by atoms with E-state index in [0.717, 1.165) is 0 Å². The summed E-state index contributed by atoms with van der Waals surface area (Å²) in [7, 11) is -0.536. The van der Waals surface area contributed by atoms with Gasteiger partial charge in [-0.1, -0.05) is 0 Å². The molecule has 0 N–H and O–H groups in total. The molecule has 0 aromatic carbocycles. The SMILES string of the molecule is N#P(P)OC(=O)OCC(COC=O)(COC=O)COC(=O)OP(#N)P. The second kappa shape index (κ2) is 12.7. The number of rotatable bonds is 10. The van der Waals surface area contributed by atoms with E-state index in [4.69, 9.17) is 19.5 Å². The summed E-state index contributed by atoms with van der Waals surface area (Å²) in [4.78, 5) is 43.5. The fourth-order valence-corrected chi connectivity index (χ4v) is 2.23. The highest BCUT2D eigenvalue weighted by atomic mass is 32.0. The lowest BCUT2D eigenvalue weighted by molar-refractivity contribution is -0.144. The van der Waals surface area contributed by atoms with Crippen LogP contribution in [0.3, 0.4) is 0 Å². The molecule has 0 rings (SSSR count). The first-order valence-corrected chi connectivity index (χ1v) is 11.7. The fourth-order valence-electron chi connectivity index (χ4n) is 1.30. The maximum absolute atomic E-state index is 11.3. The van der Waals surface area contributed by atoms with Crippen LogP contribution >= 0.6 is 32.8 Å². The van der Waals surface area contributed by atoms with Gasteiger partial charge in [-0.15, -0.1) is 0 Å². The first kappa shape index (κ1) is 23.4. The number of carbonyl (C=O) groups is 4. The summed E-state index contributed by atoms with van der Waals surface area (Å²) in [5.74, 6) is 0. The molecule has 0 heterocycles. The Morgan fingerprint density at radius 2 is 1.20 bits per heavy atom. The maximum Gasteiger partial charge on any atom is 0.518 e. The molecule has 0 saturated carbocycles. The molecular formula is C9H14N2O10P4. The van der Waals surface area contributed by atoms with Gasteiger partial charge in [0.2, 0.25) is 0 Å². The lowest BCUT2D eigenvalue weighted by atomic mass is 9.92. The van der Waals surface area contributed by atoms with E-state index in [-0.39, 0.29) is 12.9 Å². The van der Waals surface area contributed by atoms with Crippen LogP contribution in [0.4, 0.5) is 9.59 Å². The zero-order valence-corrected chi connectivity index (χ0v) is 16.6. The van der Waals surface area contributed by atoms with E-state index in [1.54, 1.807) is 0 Å². The highest BCUT2D eigenvalue weighted by Gasteiger charge is 2.37. The Kier molecular flexibility index (Phi) is 11.9. The summed E-state index contributed by atoms with van der Waals surface area (Å²) in [6.45, 7) is -1.90. The molecule has 0 aliphatic rings. The molecule has 0 aromatic heterocycles. The third-order valence-corrected chi connectivity index (χ3v) is 3.55. The van der Waals surface area contributed by atoms with Crippen LogP contribution < -0.4 is 0 Å². The molecule has 0 radical (unpaired) electrons. The van der Waals surface area contributed by atoms with E-state index < -0.39 is 59.1 Å². The Hall–Kier alpha value is -1.64. The molecule has 25 heavy (non-hydrogen) atoms. The molecule has 0 spiro atoms. The molecule has 12 nitrogen and oxygen atoms in total. The molecule has 0 saturated heterocycles. The van der Waals surface area contributed by atoms with E-state index in [1.807, 2.05) is 17.9 Å². The van der Waals surface area contributed by atoms with Gasteiger partial charge in [0.15, 0.2) is 0 Å². The minimum atomic E-state index is -2.10. The number of hydrogen-bond acceptors (Lipinski definition) is 12. The third-order valence-electron chi connectivity index (χ3n) is 2.24. The molecule has 4 atom stereocenters. The maximum atomic E-state index is 11.3. The van der Waals surface area contributed by atoms with E-state index >= 15 is 0 Å². The van der Waals surface area contributed by atoms with Crippen molar-refractivity contribution in [3.63, 3.8) is 0 Å². The highest BCUT2D eigenvalue weighted by Crippen LogP contribution is 2.31. The van der Waals surface area contributed by atoms with Gasteiger partial charge in [0.05, 0.1) is 0 Å². The van der Waals surface area contributed by atoms with Gasteiger partial charge in [0, 0.05) is 0 Å². The topological polar surface area (TPSA) is 171 Å². The highest BCUT2D eigenvalue weighted by molar-refractivity contribution is 8.03. The number of nitrogens with zero attached hydrogens (tertiary/aromatic N) is 2. The van der Waals surface area contributed by atoms with Crippen molar-refractivity contribution >= 4 is 58.1 Å². The Bertz CT molecular complexity index is 569. The molecule has 0 aliphatic carbocycles. The molecule has 4 unspecified atom stereocenters. The van der Waals surface area contributed by atoms with Crippen molar-refractivity contribution in [2.75, 3.05) is 26.4 Å². The molecule has 0 amide bonds. The Morgan fingerprint density at radius 1 is 0.840 bits per heavy atom. The van der Waals surface area contributed by atoms with Crippen molar-refractivity contribution in [2.24, 2.45) is 5.41 Å². The monoisotopic (exact) mass is 434 g/mol. The van der Waals surface area contributed by atoms with Gasteiger partial charge >= 0.3 is 12.3 Å². The first-order valence-electron chi connectivity index (χ1n) is 6.02. The molecule has 0 aromatic rings. The number of hydrogen-bond donors (Lipinski definition) is 0. The predicted molar refractivity (Wildman–Crippen MR) is 88.0 cm³/mol. The second-order valence-electron chi connectivity index (χ2n) is 4.18. The van der Waals surface area contributed by atoms with Crippen LogP contribution in [0.5, 0.6) is 0 Å². The molecule has 0 fully saturated rings. The van der Waals surface area contributed by atoms with E-state index in [2.05, 4.69) is 18.5 Å². The van der Waals surface area contributed by atoms with Gasteiger partial charge < -0.3 is 28.0 Å². The molecular weight excluding hydrogens is 420 g/mol. The Labute approximate surface area is 147 Å². The molecule has 16 heteroatoms. The van der Waals surface area contributed by atoms with Crippen molar-refractivity contribution in [1.82, 2.24) is 0 Å². The van der Waals surface area contributed by atoms with Gasteiger partial charge in [0.25, 0.3) is 27.9 Å². The Balaban J connectivity index is 5.06. The average Bonchev–Trinajstić information content (AvgIpc) is 2.52. The zero-order chi connectivity index (χ0) is 19.3. The summed E-state index contributed by atoms with van der Waals surface area (Å²) in [5.41, 5.74) is -1.47. The molecule has 0 bridgehead atoms. The van der Waals surface area contributed by atoms with Gasteiger partial charge in [0.1, 0.15) is 31.8 Å². The summed E-state index contributed by atoms with van der Waals surface area (Å²) >= 11 is 0. The molecule has 140 valence electrons. The largest absolute Gasteiger partial charge is 0.518 e. The first-order chi connectivity index (χ1) is 11.7. The summed E-state index contributed by atoms with van der Waals surface area (Å²) < 4.78 is 27.4. The van der Waals surface area contributed by atoms with Crippen molar-refractivity contribution in [3.05, 3.63) is 0 Å². The van der Waals surface area contributed by atoms with Gasteiger partial charge in [-0.05, 0) is 17.9 Å². The van der Waals surface area contributed by atoms with Crippen molar-refractivity contribution in [3.8, 4) is 0 Å². The van der Waals surface area contributed by atoms with Crippen molar-refractivity contribution in [2.45, 2.75) is 0 Å². The quantitative estimate of drug-likeness (QED) is 0.212. The smallest absolute Gasteiger partial charge is 0.467 e. The van der Waals surface area contributed by atoms with Gasteiger partial charge in [-0.25, -0.2) is 9.59 Å². The fraction of sp³-hybridized carbons (Fsp3) is 0.556. The lowest BCUT2D eigenvalue weighted by Crippen LogP contribution is -2.42. The van der Waals surface area contributed by atoms with E-state index in [1.165, 1.54) is 0 Å². The minimum Gasteiger partial charge on any atom is -0.467 e. The van der Waals surface area contributed by atoms with Crippen LogP contribution in [0, 0.1) is 15.4 Å². The van der Waals surface area contributed by atoms with Crippen LogP contribution in [0.2, 0.25) is 0 Å². The van der Waals surface area contributed by atoms with Crippen LogP contribution in [-0.2, 0) is 37.6 Å². The molecule has 0 aliphatic heterocycles. The average molecular weight is 434 g/mol.